The third-order valence-corrected chi connectivity index (χ3v) is 10.0. The Balaban J connectivity index is 1.68. The monoisotopic (exact) mass is 573 g/mol. The molecule has 0 fully saturated rings. The van der Waals surface area contributed by atoms with Gasteiger partial charge in [0.2, 0.25) is 9.84 Å². The highest BCUT2D eigenvalue weighted by molar-refractivity contribution is 8.15. The Hall–Kier alpha value is -3.99. The minimum Gasteiger partial charge on any atom is -0.328 e. The van der Waals surface area contributed by atoms with Crippen molar-refractivity contribution in [2.24, 2.45) is 4.40 Å². The second kappa shape index (κ2) is 11.0. The van der Waals surface area contributed by atoms with Crippen LogP contribution in [-0.2, 0) is 19.9 Å². The summed E-state index contributed by atoms with van der Waals surface area (Å²) in [6.07, 6.45) is 0. The van der Waals surface area contributed by atoms with E-state index < -0.39 is 19.9 Å². The first-order valence-corrected chi connectivity index (χ1v) is 15.6. The van der Waals surface area contributed by atoms with Gasteiger partial charge in [-0.3, -0.25) is 0 Å². The number of nitrogens with one attached hydrogen (secondary N) is 1. The van der Waals surface area contributed by atoms with Crippen molar-refractivity contribution in [3.8, 4) is 11.4 Å². The molecule has 0 unspecified atom stereocenters. The molecule has 0 bridgehead atoms. The molecule has 0 saturated carbocycles. The Morgan fingerprint density at radius 3 is 1.90 bits per heavy atom. The van der Waals surface area contributed by atoms with Crippen LogP contribution in [0.4, 0.5) is 0 Å². The fraction of sp³-hybridized carbons (Fsp3) is 0.0345. The van der Waals surface area contributed by atoms with Crippen LogP contribution in [0.15, 0.2) is 140 Å². The van der Waals surface area contributed by atoms with E-state index in [0.29, 0.717) is 17.0 Å². The van der Waals surface area contributed by atoms with E-state index in [9.17, 15) is 16.8 Å². The van der Waals surface area contributed by atoms with Gasteiger partial charge in [0.05, 0.1) is 9.79 Å². The van der Waals surface area contributed by atoms with Crippen LogP contribution in [0.5, 0.6) is 0 Å². The molecule has 39 heavy (non-hydrogen) atoms. The van der Waals surface area contributed by atoms with Crippen LogP contribution in [0.3, 0.4) is 0 Å². The Bertz CT molecular complexity index is 1840. The number of thioether (sulfide) groups is 1. The van der Waals surface area contributed by atoms with Gasteiger partial charge in [0, 0.05) is 11.1 Å². The summed E-state index contributed by atoms with van der Waals surface area (Å²) in [5.74, 6) is 0.335. The SMILES string of the molecule is Cc1ccc(S(=O)(=O)c2[nH]c(-c3ccccc3)nc2S/C(=N/S(=O)(=O)c2ccccc2)c2ccccc2)cc1. The van der Waals surface area contributed by atoms with E-state index in [1.165, 1.54) is 24.3 Å². The first kappa shape index (κ1) is 26.6. The molecule has 10 heteroatoms. The summed E-state index contributed by atoms with van der Waals surface area (Å²) in [4.78, 5) is 7.71. The number of nitrogens with zero attached hydrogens (tertiary/aromatic N) is 2. The van der Waals surface area contributed by atoms with Crippen LogP contribution in [0.25, 0.3) is 11.4 Å². The Morgan fingerprint density at radius 2 is 1.28 bits per heavy atom. The number of rotatable bonds is 7. The van der Waals surface area contributed by atoms with Crippen LogP contribution in [0.1, 0.15) is 11.1 Å². The molecule has 7 nitrogen and oxygen atoms in total. The highest BCUT2D eigenvalue weighted by atomic mass is 32.2. The first-order valence-electron chi connectivity index (χ1n) is 11.8. The predicted molar refractivity (Wildman–Crippen MR) is 153 cm³/mol. The van der Waals surface area contributed by atoms with Gasteiger partial charge in [-0.1, -0.05) is 96.6 Å². The molecule has 1 N–H and O–H groups in total. The van der Waals surface area contributed by atoms with E-state index in [1.54, 1.807) is 60.7 Å². The van der Waals surface area contributed by atoms with Gasteiger partial charge in [-0.05, 0) is 43.0 Å². The third-order valence-electron chi connectivity index (χ3n) is 5.75. The summed E-state index contributed by atoms with van der Waals surface area (Å²) in [7, 11) is -8.14. The molecule has 5 aromatic rings. The number of H-pyrrole nitrogens is 1. The van der Waals surface area contributed by atoms with E-state index in [1.807, 2.05) is 37.3 Å². The number of hydrogen-bond acceptors (Lipinski definition) is 6. The summed E-state index contributed by atoms with van der Waals surface area (Å²) < 4.78 is 58.2. The van der Waals surface area contributed by atoms with Crippen LogP contribution in [0, 0.1) is 6.92 Å². The molecule has 0 atom stereocenters. The van der Waals surface area contributed by atoms with Crippen molar-refractivity contribution >= 4 is 36.7 Å². The molecule has 0 aliphatic rings. The van der Waals surface area contributed by atoms with Crippen LogP contribution >= 0.6 is 11.8 Å². The van der Waals surface area contributed by atoms with Crippen molar-refractivity contribution in [3.63, 3.8) is 0 Å². The fourth-order valence-electron chi connectivity index (χ4n) is 3.72. The molecule has 4 aromatic carbocycles. The van der Waals surface area contributed by atoms with Gasteiger partial charge in [-0.25, -0.2) is 13.4 Å². The van der Waals surface area contributed by atoms with E-state index in [-0.39, 0.29) is 24.9 Å². The molecule has 1 aromatic heterocycles. The summed E-state index contributed by atoms with van der Waals surface area (Å²) in [6.45, 7) is 1.87. The maximum Gasteiger partial charge on any atom is 0.283 e. The van der Waals surface area contributed by atoms with Crippen molar-refractivity contribution < 1.29 is 16.8 Å². The number of aromatic amines is 1. The molecule has 0 radical (unpaired) electrons. The Labute approximate surface area is 231 Å². The topological polar surface area (TPSA) is 109 Å². The number of aryl methyl sites for hydroxylation is 1. The van der Waals surface area contributed by atoms with Crippen molar-refractivity contribution in [2.75, 3.05) is 0 Å². The fourth-order valence-corrected chi connectivity index (χ4v) is 7.50. The molecule has 0 amide bonds. The number of benzene rings is 4. The molecule has 0 spiro atoms. The largest absolute Gasteiger partial charge is 0.328 e. The van der Waals surface area contributed by atoms with E-state index in [0.717, 1.165) is 17.3 Å². The standard InChI is InChI=1S/C29H23N3O4S3/c1-21-17-19-24(20-18-21)38(33,34)29-28(30-26(31-29)22-11-5-2-6-12-22)37-27(23-13-7-3-8-14-23)32-39(35,36)25-15-9-4-10-16-25/h2-20H,1H3,(H,30,31)/b32-27+. The number of sulfonamides is 1. The van der Waals surface area contributed by atoms with Gasteiger partial charge >= 0.3 is 0 Å². The lowest BCUT2D eigenvalue weighted by Crippen LogP contribution is -2.07. The van der Waals surface area contributed by atoms with Gasteiger partial charge in [-0.2, -0.15) is 12.8 Å². The Morgan fingerprint density at radius 1 is 0.718 bits per heavy atom. The van der Waals surface area contributed by atoms with Crippen molar-refractivity contribution in [1.29, 1.82) is 0 Å². The minimum atomic E-state index is -4.10. The van der Waals surface area contributed by atoms with E-state index in [4.69, 9.17) is 0 Å². The third kappa shape index (κ3) is 5.88. The van der Waals surface area contributed by atoms with Crippen LogP contribution < -0.4 is 0 Å². The lowest BCUT2D eigenvalue weighted by atomic mass is 10.2. The zero-order valence-corrected chi connectivity index (χ0v) is 23.2. The molecular weight excluding hydrogens is 551 g/mol. The quantitative estimate of drug-likeness (QED) is 0.142. The normalized spacial score (nSPS) is 12.4. The number of imidazole rings is 1. The smallest absolute Gasteiger partial charge is 0.283 e. The molecule has 0 aliphatic heterocycles. The van der Waals surface area contributed by atoms with Gasteiger partial charge in [0.25, 0.3) is 10.0 Å². The van der Waals surface area contributed by atoms with Gasteiger partial charge in [0.15, 0.2) is 5.03 Å². The van der Waals surface area contributed by atoms with Gasteiger partial charge < -0.3 is 4.98 Å². The number of hydrogen-bond donors (Lipinski definition) is 1. The highest BCUT2D eigenvalue weighted by Crippen LogP contribution is 2.35. The van der Waals surface area contributed by atoms with Gasteiger partial charge in [-0.15, -0.1) is 0 Å². The summed E-state index contributed by atoms with van der Waals surface area (Å²) in [5.41, 5.74) is 2.10. The van der Waals surface area contributed by atoms with E-state index in [2.05, 4.69) is 14.4 Å². The zero-order chi connectivity index (χ0) is 27.5. The molecule has 196 valence electrons. The molecule has 0 aliphatic carbocycles. The lowest BCUT2D eigenvalue weighted by molar-refractivity contribution is 0.590. The van der Waals surface area contributed by atoms with Crippen molar-refractivity contribution in [2.45, 2.75) is 26.8 Å². The summed E-state index contributed by atoms with van der Waals surface area (Å²) >= 11 is 0.879. The van der Waals surface area contributed by atoms with E-state index >= 15 is 0 Å². The Kier molecular flexibility index (Phi) is 7.51. The lowest BCUT2D eigenvalue weighted by Gasteiger charge is -2.08. The van der Waals surface area contributed by atoms with Crippen LogP contribution in [-0.4, -0.2) is 31.8 Å². The van der Waals surface area contributed by atoms with Crippen molar-refractivity contribution in [1.82, 2.24) is 9.97 Å². The highest BCUT2D eigenvalue weighted by Gasteiger charge is 2.28. The molecular formula is C29H23N3O4S3. The second-order valence-electron chi connectivity index (χ2n) is 8.55. The molecule has 1 heterocycles. The average Bonchev–Trinajstić information content (AvgIpc) is 3.39. The van der Waals surface area contributed by atoms with Crippen molar-refractivity contribution in [3.05, 3.63) is 126 Å². The summed E-state index contributed by atoms with van der Waals surface area (Å²) in [6, 6.07) is 32.2. The predicted octanol–water partition coefficient (Wildman–Crippen LogP) is 6.15. The second-order valence-corrected chi connectivity index (χ2v) is 13.0. The zero-order valence-electron chi connectivity index (χ0n) is 20.7. The maximum atomic E-state index is 13.8. The maximum absolute atomic E-state index is 13.8. The summed E-state index contributed by atoms with van der Waals surface area (Å²) in [5, 5.41) is 0.0298. The van der Waals surface area contributed by atoms with Crippen LogP contribution in [0.2, 0.25) is 0 Å². The number of sulfone groups is 1. The average molecular weight is 574 g/mol. The molecule has 5 rings (SSSR count). The molecule has 0 saturated heterocycles. The minimum absolute atomic E-state index is 0.0264. The first-order chi connectivity index (χ1) is 18.7. The number of aromatic nitrogens is 2. The van der Waals surface area contributed by atoms with Gasteiger partial charge in [0.1, 0.15) is 15.9 Å².